The molecule has 0 aliphatic carbocycles. The molecule has 4 nitrogen and oxygen atoms in total. The first kappa shape index (κ1) is 14.1. The molecule has 3 aromatic rings. The average molecular weight is 295 g/mol. The Morgan fingerprint density at radius 2 is 1.77 bits per heavy atom. The van der Waals surface area contributed by atoms with E-state index in [4.69, 9.17) is 0 Å². The number of carbonyl (C=O) groups excluding carboxylic acids is 1. The molecule has 0 bridgehead atoms. The van der Waals surface area contributed by atoms with Gasteiger partial charge >= 0.3 is 0 Å². The highest BCUT2D eigenvalue weighted by molar-refractivity contribution is 5.73. The van der Waals surface area contributed by atoms with E-state index in [0.29, 0.717) is 24.1 Å². The molecule has 0 saturated carbocycles. The molecular formula is C17H14FN3O. The summed E-state index contributed by atoms with van der Waals surface area (Å²) >= 11 is 0. The Morgan fingerprint density at radius 1 is 1.09 bits per heavy atom. The second-order valence-electron chi connectivity index (χ2n) is 5.09. The number of benzene rings is 2. The number of nitrogens with zero attached hydrogens (tertiary/aromatic N) is 3. The van der Waals surface area contributed by atoms with E-state index >= 15 is 0 Å². The van der Waals surface area contributed by atoms with Crippen LogP contribution in [0.5, 0.6) is 0 Å². The highest BCUT2D eigenvalue weighted by Gasteiger charge is 2.14. The fourth-order valence-electron chi connectivity index (χ4n) is 2.26. The Kier molecular flexibility index (Phi) is 3.78. The third-order valence-electron chi connectivity index (χ3n) is 3.47. The molecule has 0 atom stereocenters. The van der Waals surface area contributed by atoms with E-state index in [1.54, 1.807) is 16.8 Å². The van der Waals surface area contributed by atoms with Gasteiger partial charge in [0.1, 0.15) is 11.5 Å². The summed E-state index contributed by atoms with van der Waals surface area (Å²) in [5.74, 6) is -0.287. The summed E-state index contributed by atoms with van der Waals surface area (Å²) in [6.07, 6.45) is 1.14. The van der Waals surface area contributed by atoms with Gasteiger partial charge in [0.15, 0.2) is 6.29 Å². The van der Waals surface area contributed by atoms with Gasteiger partial charge in [0.2, 0.25) is 0 Å². The van der Waals surface area contributed by atoms with Gasteiger partial charge in [0, 0.05) is 6.42 Å². The zero-order chi connectivity index (χ0) is 15.5. The Hall–Kier alpha value is -2.82. The maximum Gasteiger partial charge on any atom is 0.172 e. The van der Waals surface area contributed by atoms with Crippen molar-refractivity contribution in [3.05, 3.63) is 76.9 Å². The van der Waals surface area contributed by atoms with E-state index in [9.17, 15) is 9.18 Å². The molecule has 5 heteroatoms. The van der Waals surface area contributed by atoms with Gasteiger partial charge in [0.05, 0.1) is 11.4 Å². The van der Waals surface area contributed by atoms with E-state index in [1.165, 1.54) is 12.1 Å². The summed E-state index contributed by atoms with van der Waals surface area (Å²) < 4.78 is 14.7. The molecule has 0 N–H and O–H groups in total. The average Bonchev–Trinajstić information content (AvgIpc) is 2.93. The largest absolute Gasteiger partial charge is 0.296 e. The minimum Gasteiger partial charge on any atom is -0.296 e. The predicted molar refractivity (Wildman–Crippen MR) is 80.7 cm³/mol. The van der Waals surface area contributed by atoms with Gasteiger partial charge in [0.25, 0.3) is 0 Å². The summed E-state index contributed by atoms with van der Waals surface area (Å²) in [7, 11) is 0. The quantitative estimate of drug-likeness (QED) is 0.695. The maximum atomic E-state index is 13.0. The van der Waals surface area contributed by atoms with Crippen LogP contribution >= 0.6 is 0 Å². The van der Waals surface area contributed by atoms with Crippen molar-refractivity contribution in [2.45, 2.75) is 13.3 Å². The SMILES string of the molecule is Cc1ccc(-n2nnc(C=O)c2Cc2ccc(F)cc2)cc1. The standard InChI is InChI=1S/C17H14FN3O/c1-12-2-8-15(9-3-12)21-17(16(11-22)19-20-21)10-13-4-6-14(18)7-5-13/h2-9,11H,10H2,1H3. The Morgan fingerprint density at radius 3 is 2.41 bits per heavy atom. The number of carbonyl (C=O) groups is 1. The maximum absolute atomic E-state index is 13.0. The summed E-state index contributed by atoms with van der Waals surface area (Å²) in [6.45, 7) is 2.00. The molecule has 1 heterocycles. The number of hydrogen-bond acceptors (Lipinski definition) is 3. The lowest BCUT2D eigenvalue weighted by molar-refractivity contribution is 0.111. The molecule has 110 valence electrons. The van der Waals surface area contributed by atoms with Gasteiger partial charge in [-0.05, 0) is 36.8 Å². The molecule has 1 aromatic heterocycles. The second kappa shape index (κ2) is 5.89. The van der Waals surface area contributed by atoms with Crippen LogP contribution in [0, 0.1) is 12.7 Å². The first-order valence-corrected chi connectivity index (χ1v) is 6.88. The van der Waals surface area contributed by atoms with Crippen LogP contribution in [-0.4, -0.2) is 21.3 Å². The van der Waals surface area contributed by atoms with Gasteiger partial charge < -0.3 is 0 Å². The smallest absolute Gasteiger partial charge is 0.172 e. The lowest BCUT2D eigenvalue weighted by atomic mass is 10.1. The van der Waals surface area contributed by atoms with Crippen LogP contribution < -0.4 is 0 Å². The summed E-state index contributed by atoms with van der Waals surface area (Å²) in [4.78, 5) is 11.2. The van der Waals surface area contributed by atoms with E-state index in [2.05, 4.69) is 10.3 Å². The van der Waals surface area contributed by atoms with Crippen molar-refractivity contribution in [2.24, 2.45) is 0 Å². The highest BCUT2D eigenvalue weighted by Crippen LogP contribution is 2.17. The topological polar surface area (TPSA) is 47.8 Å². The van der Waals surface area contributed by atoms with Crippen molar-refractivity contribution in [1.29, 1.82) is 0 Å². The minimum atomic E-state index is -0.287. The number of aryl methyl sites for hydroxylation is 1. The van der Waals surface area contributed by atoms with Crippen LogP contribution in [0.4, 0.5) is 4.39 Å². The third kappa shape index (κ3) is 2.79. The molecule has 2 aromatic carbocycles. The van der Waals surface area contributed by atoms with Crippen molar-refractivity contribution >= 4 is 6.29 Å². The first-order chi connectivity index (χ1) is 10.7. The molecule has 22 heavy (non-hydrogen) atoms. The van der Waals surface area contributed by atoms with Crippen LogP contribution in [0.15, 0.2) is 48.5 Å². The van der Waals surface area contributed by atoms with Crippen molar-refractivity contribution in [3.8, 4) is 5.69 Å². The number of halogens is 1. The van der Waals surface area contributed by atoms with E-state index in [1.807, 2.05) is 31.2 Å². The minimum absolute atomic E-state index is 0.287. The predicted octanol–water partition coefficient (Wildman–Crippen LogP) is 3.12. The van der Waals surface area contributed by atoms with Crippen LogP contribution in [-0.2, 0) is 6.42 Å². The number of hydrogen-bond donors (Lipinski definition) is 0. The van der Waals surface area contributed by atoms with Crippen molar-refractivity contribution in [1.82, 2.24) is 15.0 Å². The first-order valence-electron chi connectivity index (χ1n) is 6.88. The summed E-state index contributed by atoms with van der Waals surface area (Å²) in [6, 6.07) is 14.0. The lowest BCUT2D eigenvalue weighted by Gasteiger charge is -2.07. The van der Waals surface area contributed by atoms with Crippen LogP contribution in [0.3, 0.4) is 0 Å². The van der Waals surface area contributed by atoms with Gasteiger partial charge in [-0.2, -0.15) is 0 Å². The molecule has 3 rings (SSSR count). The molecule has 0 unspecified atom stereocenters. The van der Waals surface area contributed by atoms with Crippen LogP contribution in [0.2, 0.25) is 0 Å². The molecule has 0 radical (unpaired) electrons. The lowest BCUT2D eigenvalue weighted by Crippen LogP contribution is -2.04. The normalized spacial score (nSPS) is 10.6. The van der Waals surface area contributed by atoms with Gasteiger partial charge in [-0.1, -0.05) is 35.0 Å². The molecule has 0 aliphatic rings. The number of rotatable bonds is 4. The van der Waals surface area contributed by atoms with Gasteiger partial charge in [-0.3, -0.25) is 4.79 Å². The van der Waals surface area contributed by atoms with Crippen molar-refractivity contribution in [3.63, 3.8) is 0 Å². The second-order valence-corrected chi connectivity index (χ2v) is 5.09. The molecule has 0 aliphatic heterocycles. The molecular weight excluding hydrogens is 281 g/mol. The van der Waals surface area contributed by atoms with Crippen molar-refractivity contribution < 1.29 is 9.18 Å². The fraction of sp³-hybridized carbons (Fsp3) is 0.118. The number of aromatic nitrogens is 3. The monoisotopic (exact) mass is 295 g/mol. The summed E-state index contributed by atoms with van der Waals surface area (Å²) in [5, 5.41) is 7.98. The van der Waals surface area contributed by atoms with Gasteiger partial charge in [-0.25, -0.2) is 9.07 Å². The van der Waals surface area contributed by atoms with Crippen LogP contribution in [0.1, 0.15) is 27.3 Å². The molecule has 0 saturated heterocycles. The highest BCUT2D eigenvalue weighted by atomic mass is 19.1. The third-order valence-corrected chi connectivity index (χ3v) is 3.47. The zero-order valence-electron chi connectivity index (χ0n) is 12.0. The van der Waals surface area contributed by atoms with Crippen molar-refractivity contribution in [2.75, 3.05) is 0 Å². The van der Waals surface area contributed by atoms with E-state index in [0.717, 1.165) is 16.8 Å². The summed E-state index contributed by atoms with van der Waals surface area (Å²) in [5.41, 5.74) is 3.85. The van der Waals surface area contributed by atoms with Gasteiger partial charge in [-0.15, -0.1) is 5.10 Å². The van der Waals surface area contributed by atoms with E-state index < -0.39 is 0 Å². The Bertz CT molecular complexity index is 792. The number of aldehydes is 1. The molecule has 0 spiro atoms. The fourth-order valence-corrected chi connectivity index (χ4v) is 2.26. The Labute approximate surface area is 127 Å². The molecule has 0 fully saturated rings. The van der Waals surface area contributed by atoms with Crippen LogP contribution in [0.25, 0.3) is 5.69 Å². The molecule has 0 amide bonds. The Balaban J connectivity index is 2.01. The zero-order valence-corrected chi connectivity index (χ0v) is 12.0. The van der Waals surface area contributed by atoms with E-state index in [-0.39, 0.29) is 5.82 Å².